The normalized spacial score (nSPS) is 14.1. The topological polar surface area (TPSA) is 43.9 Å². The average molecular weight is 520 g/mol. The molecule has 0 saturated carbocycles. The van der Waals surface area contributed by atoms with Crippen molar-refractivity contribution in [3.05, 3.63) is 106 Å². The van der Waals surface area contributed by atoms with E-state index in [4.69, 9.17) is 0 Å². The van der Waals surface area contributed by atoms with Crippen molar-refractivity contribution in [3.8, 4) is 0 Å². The average Bonchev–Trinajstić information content (AvgIpc) is 2.88. The smallest absolute Gasteiger partial charge is 0.254 e. The van der Waals surface area contributed by atoms with Crippen molar-refractivity contribution in [2.75, 3.05) is 32.7 Å². The van der Waals surface area contributed by atoms with Gasteiger partial charge in [-0.15, -0.1) is 0 Å². The van der Waals surface area contributed by atoms with Gasteiger partial charge in [0, 0.05) is 62.3 Å². The fourth-order valence-electron chi connectivity index (χ4n) is 4.22. The molecule has 0 bridgehead atoms. The van der Waals surface area contributed by atoms with Crippen LogP contribution >= 0.6 is 15.9 Å². The van der Waals surface area contributed by atoms with E-state index in [0.29, 0.717) is 25.1 Å². The van der Waals surface area contributed by atoms with E-state index in [1.54, 1.807) is 4.90 Å². The minimum absolute atomic E-state index is 0.0585. The van der Waals surface area contributed by atoms with E-state index < -0.39 is 0 Å². The molecule has 0 radical (unpaired) electrons. The van der Waals surface area contributed by atoms with Gasteiger partial charge in [0.15, 0.2) is 0 Å². The Morgan fingerprint density at radius 3 is 1.97 bits per heavy atom. The summed E-state index contributed by atoms with van der Waals surface area (Å²) >= 11 is 3.42. The summed E-state index contributed by atoms with van der Waals surface area (Å²) in [5, 5.41) is 0. The van der Waals surface area contributed by atoms with E-state index >= 15 is 0 Å². The molecule has 1 aliphatic rings. The van der Waals surface area contributed by atoms with Crippen molar-refractivity contribution in [3.63, 3.8) is 0 Å². The van der Waals surface area contributed by atoms with Crippen LogP contribution in [0.5, 0.6) is 0 Å². The summed E-state index contributed by atoms with van der Waals surface area (Å²) in [6, 6.07) is 27.7. The standard InChI is InChI=1S/C28H30BrN3O2/c29-26-13-11-25(12-14-26)28(34)32(22-24-9-5-2-6-10-24)16-15-27(33)31-19-17-30(18-20-31)21-23-7-3-1-4-8-23/h1-14H,15-22H2. The van der Waals surface area contributed by atoms with Crippen molar-refractivity contribution in [2.24, 2.45) is 0 Å². The molecule has 6 heteroatoms. The van der Waals surface area contributed by atoms with Crippen LogP contribution in [0.2, 0.25) is 0 Å². The molecule has 2 amide bonds. The second kappa shape index (κ2) is 12.0. The van der Waals surface area contributed by atoms with Gasteiger partial charge in [-0.05, 0) is 35.4 Å². The van der Waals surface area contributed by atoms with Crippen molar-refractivity contribution < 1.29 is 9.59 Å². The van der Waals surface area contributed by atoms with Crippen LogP contribution in [0.3, 0.4) is 0 Å². The predicted octanol–water partition coefficient (Wildman–Crippen LogP) is 4.83. The Hall–Kier alpha value is -2.96. The third-order valence-electron chi connectivity index (χ3n) is 6.16. The van der Waals surface area contributed by atoms with Crippen LogP contribution in [0.1, 0.15) is 27.9 Å². The van der Waals surface area contributed by atoms with Crippen LogP contribution in [-0.2, 0) is 17.9 Å². The number of amides is 2. The fourth-order valence-corrected chi connectivity index (χ4v) is 4.48. The van der Waals surface area contributed by atoms with Crippen molar-refractivity contribution in [1.82, 2.24) is 14.7 Å². The number of piperazine rings is 1. The summed E-state index contributed by atoms with van der Waals surface area (Å²) in [6.45, 7) is 4.98. The van der Waals surface area contributed by atoms with E-state index in [0.717, 1.165) is 42.8 Å². The molecular formula is C28H30BrN3O2. The summed E-state index contributed by atoms with van der Waals surface area (Å²) in [4.78, 5) is 32.3. The van der Waals surface area contributed by atoms with E-state index in [1.165, 1.54) is 5.56 Å². The minimum atomic E-state index is -0.0585. The molecular weight excluding hydrogens is 490 g/mol. The van der Waals surface area contributed by atoms with Gasteiger partial charge in [-0.2, -0.15) is 0 Å². The lowest BCUT2D eigenvalue weighted by Gasteiger charge is -2.35. The largest absolute Gasteiger partial charge is 0.340 e. The lowest BCUT2D eigenvalue weighted by atomic mass is 10.1. The van der Waals surface area contributed by atoms with E-state index in [2.05, 4.69) is 45.1 Å². The maximum absolute atomic E-state index is 13.2. The molecule has 176 valence electrons. The molecule has 0 spiro atoms. The van der Waals surface area contributed by atoms with Gasteiger partial charge >= 0.3 is 0 Å². The summed E-state index contributed by atoms with van der Waals surface area (Å²) in [7, 11) is 0. The first-order valence-electron chi connectivity index (χ1n) is 11.7. The van der Waals surface area contributed by atoms with Crippen molar-refractivity contribution in [1.29, 1.82) is 0 Å². The minimum Gasteiger partial charge on any atom is -0.340 e. The maximum Gasteiger partial charge on any atom is 0.254 e. The molecule has 1 heterocycles. The zero-order chi connectivity index (χ0) is 23.8. The monoisotopic (exact) mass is 519 g/mol. The summed E-state index contributed by atoms with van der Waals surface area (Å²) in [5.74, 6) is 0.0536. The van der Waals surface area contributed by atoms with Gasteiger partial charge in [0.1, 0.15) is 0 Å². The second-order valence-corrected chi connectivity index (χ2v) is 9.53. The van der Waals surface area contributed by atoms with Crippen molar-refractivity contribution in [2.45, 2.75) is 19.5 Å². The molecule has 0 N–H and O–H groups in total. The first-order chi connectivity index (χ1) is 16.6. The quantitative estimate of drug-likeness (QED) is 0.428. The number of hydrogen-bond donors (Lipinski definition) is 0. The van der Waals surface area contributed by atoms with Gasteiger partial charge in [-0.25, -0.2) is 0 Å². The Balaban J connectivity index is 1.33. The second-order valence-electron chi connectivity index (χ2n) is 8.61. The highest BCUT2D eigenvalue weighted by molar-refractivity contribution is 9.10. The Morgan fingerprint density at radius 2 is 1.35 bits per heavy atom. The zero-order valence-electron chi connectivity index (χ0n) is 19.3. The molecule has 4 rings (SSSR count). The Kier molecular flexibility index (Phi) is 8.50. The predicted molar refractivity (Wildman–Crippen MR) is 138 cm³/mol. The lowest BCUT2D eigenvalue weighted by molar-refractivity contribution is -0.133. The SMILES string of the molecule is O=C(CCN(Cc1ccccc1)C(=O)c1ccc(Br)cc1)N1CCN(Cc2ccccc2)CC1. The Bertz CT molecular complexity index is 1070. The zero-order valence-corrected chi connectivity index (χ0v) is 20.9. The van der Waals surface area contributed by atoms with Gasteiger partial charge in [0.2, 0.25) is 5.91 Å². The number of carbonyl (C=O) groups excluding carboxylic acids is 2. The van der Waals surface area contributed by atoms with Gasteiger partial charge in [0.05, 0.1) is 0 Å². The van der Waals surface area contributed by atoms with Crippen molar-refractivity contribution >= 4 is 27.7 Å². The molecule has 1 aliphatic heterocycles. The third-order valence-corrected chi connectivity index (χ3v) is 6.69. The molecule has 0 unspecified atom stereocenters. The highest BCUT2D eigenvalue weighted by Gasteiger charge is 2.23. The number of rotatable bonds is 8. The first kappa shape index (κ1) is 24.2. The van der Waals surface area contributed by atoms with E-state index in [9.17, 15) is 9.59 Å². The lowest BCUT2D eigenvalue weighted by Crippen LogP contribution is -2.49. The molecule has 3 aromatic carbocycles. The summed E-state index contributed by atoms with van der Waals surface area (Å²) < 4.78 is 0.931. The van der Waals surface area contributed by atoms with Gasteiger partial charge in [-0.3, -0.25) is 14.5 Å². The van der Waals surface area contributed by atoms with Crippen LogP contribution in [-0.4, -0.2) is 59.2 Å². The van der Waals surface area contributed by atoms with Gasteiger partial charge < -0.3 is 9.80 Å². The van der Waals surface area contributed by atoms with Crippen LogP contribution < -0.4 is 0 Å². The Morgan fingerprint density at radius 1 is 0.765 bits per heavy atom. The number of carbonyl (C=O) groups is 2. The molecule has 1 fully saturated rings. The number of benzene rings is 3. The molecule has 0 aliphatic carbocycles. The fraction of sp³-hybridized carbons (Fsp3) is 0.286. The van der Waals surface area contributed by atoms with E-state index in [-0.39, 0.29) is 11.8 Å². The van der Waals surface area contributed by atoms with Crippen LogP contribution in [0.4, 0.5) is 0 Å². The highest BCUT2D eigenvalue weighted by Crippen LogP contribution is 2.16. The van der Waals surface area contributed by atoms with Gasteiger partial charge in [-0.1, -0.05) is 76.6 Å². The number of halogens is 1. The molecule has 0 atom stereocenters. The molecule has 3 aromatic rings. The van der Waals surface area contributed by atoms with E-state index in [1.807, 2.05) is 65.6 Å². The molecule has 34 heavy (non-hydrogen) atoms. The molecule has 5 nitrogen and oxygen atoms in total. The summed E-state index contributed by atoms with van der Waals surface area (Å²) in [5.41, 5.74) is 2.97. The van der Waals surface area contributed by atoms with Gasteiger partial charge in [0.25, 0.3) is 5.91 Å². The highest BCUT2D eigenvalue weighted by atomic mass is 79.9. The Labute approximate surface area is 210 Å². The summed E-state index contributed by atoms with van der Waals surface area (Å²) in [6.07, 6.45) is 0.327. The number of nitrogens with zero attached hydrogens (tertiary/aromatic N) is 3. The van der Waals surface area contributed by atoms with Crippen LogP contribution in [0.15, 0.2) is 89.4 Å². The number of hydrogen-bond acceptors (Lipinski definition) is 3. The van der Waals surface area contributed by atoms with Crippen LogP contribution in [0, 0.1) is 0 Å². The van der Waals surface area contributed by atoms with Crippen LogP contribution in [0.25, 0.3) is 0 Å². The maximum atomic E-state index is 13.2. The third kappa shape index (κ3) is 6.78. The molecule has 0 aromatic heterocycles. The molecule has 1 saturated heterocycles. The first-order valence-corrected chi connectivity index (χ1v) is 12.5.